The smallest absolute Gasteiger partial charge is 0.417 e. The molecule has 0 atom stereocenters. The quantitative estimate of drug-likeness (QED) is 0.746. The topological polar surface area (TPSA) is 84.0 Å². The van der Waals surface area contributed by atoms with E-state index in [1.807, 2.05) is 6.07 Å². The maximum Gasteiger partial charge on any atom is 0.417 e. The van der Waals surface area contributed by atoms with Crippen molar-refractivity contribution in [3.63, 3.8) is 0 Å². The van der Waals surface area contributed by atoms with Gasteiger partial charge in [-0.25, -0.2) is 14.5 Å². The van der Waals surface area contributed by atoms with Gasteiger partial charge in [0.25, 0.3) is 5.91 Å². The van der Waals surface area contributed by atoms with E-state index in [9.17, 15) is 19.2 Å². The molecular formula is C17H19N2O5. The molecule has 24 heavy (non-hydrogen) atoms. The Morgan fingerprint density at radius 3 is 2.33 bits per heavy atom. The fraction of sp³-hybridized carbons (Fsp3) is 0.294. The Balaban J connectivity index is 2.93. The molecule has 0 spiro atoms. The molecule has 0 saturated carbocycles. The first-order valence-electron chi connectivity index (χ1n) is 7.43. The summed E-state index contributed by atoms with van der Waals surface area (Å²) in [7, 11) is 0. The predicted molar refractivity (Wildman–Crippen MR) is 87.7 cm³/mol. The number of imide groups is 2. The third-order valence-electron chi connectivity index (χ3n) is 2.97. The second-order valence-corrected chi connectivity index (χ2v) is 4.54. The Labute approximate surface area is 140 Å². The van der Waals surface area contributed by atoms with Crippen LogP contribution >= 0.6 is 0 Å². The SMILES string of the molecule is CCOC(=O)N(CC)C(=O)N(C[C]=O)C(=O)/C=C/c1ccccc1. The number of rotatable bonds is 6. The molecule has 7 heteroatoms. The Morgan fingerprint density at radius 1 is 1.12 bits per heavy atom. The number of hydrogen-bond acceptors (Lipinski definition) is 5. The van der Waals surface area contributed by atoms with Gasteiger partial charge in [-0.2, -0.15) is 0 Å². The lowest BCUT2D eigenvalue weighted by Crippen LogP contribution is -2.49. The Kier molecular flexibility index (Phi) is 7.90. The summed E-state index contributed by atoms with van der Waals surface area (Å²) in [5.74, 6) is -0.727. The zero-order valence-electron chi connectivity index (χ0n) is 13.6. The standard InChI is InChI=1S/C17H19N2O5/c1-3-18(17(23)24-4-2)16(22)19(12-13-20)15(21)11-10-14-8-6-5-7-9-14/h5-11H,3-4,12H2,1-2H3/b11-10+. The van der Waals surface area contributed by atoms with Crippen LogP contribution in [0.4, 0.5) is 9.59 Å². The van der Waals surface area contributed by atoms with E-state index in [1.54, 1.807) is 38.1 Å². The van der Waals surface area contributed by atoms with Crippen molar-refractivity contribution in [2.75, 3.05) is 19.7 Å². The minimum Gasteiger partial charge on any atom is -0.449 e. The van der Waals surface area contributed by atoms with Crippen LogP contribution in [0.1, 0.15) is 19.4 Å². The fourth-order valence-corrected chi connectivity index (χ4v) is 1.82. The summed E-state index contributed by atoms with van der Waals surface area (Å²) in [6, 6.07) is 8.05. The van der Waals surface area contributed by atoms with Crippen molar-refractivity contribution in [2.24, 2.45) is 0 Å². The van der Waals surface area contributed by atoms with Crippen molar-refractivity contribution in [3.05, 3.63) is 42.0 Å². The van der Waals surface area contributed by atoms with Gasteiger partial charge < -0.3 is 4.74 Å². The van der Waals surface area contributed by atoms with E-state index >= 15 is 0 Å². The molecule has 1 aromatic rings. The number of amides is 4. The molecule has 0 bridgehead atoms. The van der Waals surface area contributed by atoms with Crippen molar-refractivity contribution in [1.82, 2.24) is 9.80 Å². The van der Waals surface area contributed by atoms with Gasteiger partial charge in [0.15, 0.2) is 0 Å². The molecule has 7 nitrogen and oxygen atoms in total. The molecule has 0 aliphatic heterocycles. The van der Waals surface area contributed by atoms with Gasteiger partial charge in [-0.05, 0) is 25.5 Å². The molecular weight excluding hydrogens is 312 g/mol. The first kappa shape index (κ1) is 19.1. The molecule has 0 fully saturated rings. The third kappa shape index (κ3) is 5.35. The largest absolute Gasteiger partial charge is 0.449 e. The van der Waals surface area contributed by atoms with Gasteiger partial charge in [-0.15, -0.1) is 0 Å². The lowest BCUT2D eigenvalue weighted by Gasteiger charge is -2.24. The van der Waals surface area contributed by atoms with Crippen LogP contribution in [0.2, 0.25) is 0 Å². The van der Waals surface area contributed by atoms with Gasteiger partial charge in [-0.1, -0.05) is 30.3 Å². The van der Waals surface area contributed by atoms with Crippen molar-refractivity contribution in [2.45, 2.75) is 13.8 Å². The molecule has 1 aromatic carbocycles. The monoisotopic (exact) mass is 331 g/mol. The number of nitrogens with zero attached hydrogens (tertiary/aromatic N) is 2. The highest BCUT2D eigenvalue weighted by atomic mass is 16.6. The first-order chi connectivity index (χ1) is 11.5. The van der Waals surface area contributed by atoms with Gasteiger partial charge in [-0.3, -0.25) is 14.5 Å². The third-order valence-corrected chi connectivity index (χ3v) is 2.97. The average Bonchev–Trinajstić information content (AvgIpc) is 2.59. The second-order valence-electron chi connectivity index (χ2n) is 4.54. The van der Waals surface area contributed by atoms with Gasteiger partial charge in [0.05, 0.1) is 13.2 Å². The number of hydrogen-bond donors (Lipinski definition) is 0. The van der Waals surface area contributed by atoms with E-state index in [0.29, 0.717) is 4.90 Å². The number of ether oxygens (including phenoxy) is 1. The van der Waals surface area contributed by atoms with Gasteiger partial charge in [0.1, 0.15) is 0 Å². The molecule has 0 aromatic heterocycles. The number of urea groups is 1. The second kappa shape index (κ2) is 9.94. The highest BCUT2D eigenvalue weighted by molar-refractivity contribution is 6.06. The predicted octanol–water partition coefficient (Wildman–Crippen LogP) is 2.24. The molecule has 0 heterocycles. The number of carbonyl (C=O) groups excluding carboxylic acids is 4. The van der Waals surface area contributed by atoms with E-state index in [-0.39, 0.29) is 13.2 Å². The fourth-order valence-electron chi connectivity index (χ4n) is 1.82. The molecule has 1 radical (unpaired) electrons. The molecule has 1 rings (SSSR count). The summed E-state index contributed by atoms with van der Waals surface area (Å²) in [6.45, 7) is 2.67. The maximum atomic E-state index is 12.4. The van der Waals surface area contributed by atoms with Crippen molar-refractivity contribution in [1.29, 1.82) is 0 Å². The molecule has 0 saturated heterocycles. The Morgan fingerprint density at radius 2 is 1.79 bits per heavy atom. The van der Waals surface area contributed by atoms with Gasteiger partial charge in [0, 0.05) is 12.6 Å². The van der Waals surface area contributed by atoms with E-state index in [2.05, 4.69) is 0 Å². The average molecular weight is 331 g/mol. The molecule has 127 valence electrons. The molecule has 4 amide bonds. The van der Waals surface area contributed by atoms with Crippen LogP contribution in [-0.4, -0.2) is 53.8 Å². The van der Waals surface area contributed by atoms with E-state index in [4.69, 9.17) is 4.74 Å². The van der Waals surface area contributed by atoms with Crippen LogP contribution in [0.25, 0.3) is 6.08 Å². The number of benzene rings is 1. The van der Waals surface area contributed by atoms with Crippen LogP contribution in [0.5, 0.6) is 0 Å². The molecule has 0 N–H and O–H groups in total. The normalized spacial score (nSPS) is 10.2. The minimum atomic E-state index is -0.929. The lowest BCUT2D eigenvalue weighted by molar-refractivity contribution is -0.123. The summed E-state index contributed by atoms with van der Waals surface area (Å²) in [4.78, 5) is 48.4. The summed E-state index contributed by atoms with van der Waals surface area (Å²) < 4.78 is 4.77. The summed E-state index contributed by atoms with van der Waals surface area (Å²) >= 11 is 0. The van der Waals surface area contributed by atoms with Crippen molar-refractivity contribution >= 4 is 30.4 Å². The zero-order chi connectivity index (χ0) is 17.9. The van der Waals surface area contributed by atoms with E-state index in [0.717, 1.165) is 16.5 Å². The van der Waals surface area contributed by atoms with Crippen molar-refractivity contribution in [3.8, 4) is 0 Å². The maximum absolute atomic E-state index is 12.4. The van der Waals surface area contributed by atoms with Crippen LogP contribution in [-0.2, 0) is 14.3 Å². The molecule has 0 aliphatic carbocycles. The lowest BCUT2D eigenvalue weighted by atomic mass is 10.2. The summed E-state index contributed by atoms with van der Waals surface area (Å²) in [5.41, 5.74) is 0.756. The molecule has 0 unspecified atom stereocenters. The van der Waals surface area contributed by atoms with Crippen LogP contribution in [0, 0.1) is 0 Å². The van der Waals surface area contributed by atoms with Gasteiger partial charge >= 0.3 is 12.1 Å². The van der Waals surface area contributed by atoms with Gasteiger partial charge in [0.2, 0.25) is 6.29 Å². The highest BCUT2D eigenvalue weighted by Gasteiger charge is 2.29. The number of carbonyl (C=O) groups is 3. The minimum absolute atomic E-state index is 0.00268. The van der Waals surface area contributed by atoms with Crippen molar-refractivity contribution < 1.29 is 23.9 Å². The summed E-state index contributed by atoms with van der Waals surface area (Å²) in [6.07, 6.45) is 3.29. The van der Waals surface area contributed by atoms with E-state index in [1.165, 1.54) is 12.4 Å². The van der Waals surface area contributed by atoms with E-state index < -0.39 is 24.6 Å². The van der Waals surface area contributed by atoms with Crippen LogP contribution in [0.15, 0.2) is 36.4 Å². The summed E-state index contributed by atoms with van der Waals surface area (Å²) in [5, 5.41) is 0. The first-order valence-corrected chi connectivity index (χ1v) is 7.43. The van der Waals surface area contributed by atoms with Crippen LogP contribution in [0.3, 0.4) is 0 Å². The van der Waals surface area contributed by atoms with Crippen LogP contribution < -0.4 is 0 Å². The zero-order valence-corrected chi connectivity index (χ0v) is 13.6. The Bertz CT molecular complexity index is 613. The Hall–Kier alpha value is -2.96. The molecule has 0 aliphatic rings. The highest BCUT2D eigenvalue weighted by Crippen LogP contribution is 2.06.